The minimum absolute atomic E-state index is 0. The molecule has 3 aliphatic rings. The lowest BCUT2D eigenvalue weighted by molar-refractivity contribution is -0.121. The van der Waals surface area contributed by atoms with Crippen molar-refractivity contribution in [3.8, 4) is 0 Å². The summed E-state index contributed by atoms with van der Waals surface area (Å²) in [6.45, 7) is 2.24. The average molecular weight is 321 g/mol. The number of halogens is 1. The van der Waals surface area contributed by atoms with Crippen molar-refractivity contribution in [2.45, 2.75) is 44.1 Å². The van der Waals surface area contributed by atoms with Gasteiger partial charge in [-0.15, -0.1) is 12.4 Å². The topological polar surface area (TPSA) is 41.1 Å². The normalized spacial score (nSPS) is 29.2. The molecule has 2 aliphatic carbocycles. The van der Waals surface area contributed by atoms with Gasteiger partial charge in [0.05, 0.1) is 0 Å². The molecule has 0 bridgehead atoms. The molecule has 1 aromatic rings. The zero-order valence-corrected chi connectivity index (χ0v) is 13.7. The van der Waals surface area contributed by atoms with E-state index in [1.54, 1.807) is 0 Å². The zero-order valence-electron chi connectivity index (χ0n) is 12.9. The van der Waals surface area contributed by atoms with Crippen LogP contribution in [0.2, 0.25) is 0 Å². The summed E-state index contributed by atoms with van der Waals surface area (Å²) in [7, 11) is 0. The summed E-state index contributed by atoms with van der Waals surface area (Å²) in [5, 5.41) is 6.66. The molecule has 4 heteroatoms. The maximum absolute atomic E-state index is 12.2. The third-order valence-electron chi connectivity index (χ3n) is 5.60. The summed E-state index contributed by atoms with van der Waals surface area (Å²) < 4.78 is 0. The van der Waals surface area contributed by atoms with E-state index in [2.05, 4.69) is 34.9 Å². The van der Waals surface area contributed by atoms with Crippen LogP contribution < -0.4 is 10.6 Å². The van der Waals surface area contributed by atoms with E-state index >= 15 is 0 Å². The largest absolute Gasteiger partial charge is 0.352 e. The number of rotatable bonds is 4. The van der Waals surface area contributed by atoms with Crippen molar-refractivity contribution in [1.82, 2.24) is 10.6 Å². The Morgan fingerprint density at radius 3 is 2.82 bits per heavy atom. The Morgan fingerprint density at radius 2 is 2.00 bits per heavy atom. The van der Waals surface area contributed by atoms with E-state index < -0.39 is 0 Å². The quantitative estimate of drug-likeness (QED) is 0.895. The molecule has 3 nitrogen and oxygen atoms in total. The van der Waals surface area contributed by atoms with Crippen LogP contribution >= 0.6 is 12.4 Å². The van der Waals surface area contributed by atoms with Gasteiger partial charge in [0.25, 0.3) is 0 Å². The third kappa shape index (κ3) is 3.02. The molecule has 3 unspecified atom stereocenters. The highest BCUT2D eigenvalue weighted by Gasteiger charge is 2.56. The number of carbonyl (C=O) groups excluding carboxylic acids is 1. The number of hydrogen-bond donors (Lipinski definition) is 2. The molecule has 1 aromatic carbocycles. The minimum atomic E-state index is 0. The van der Waals surface area contributed by atoms with Crippen LogP contribution in [0.15, 0.2) is 24.3 Å². The standard InChI is InChI=1S/C18H24N2O.ClH/c21-16(6-5-12-7-9-19-10-8-12)20-18-15-11-13-3-1-2-4-14(13)17(15)18;/h1-4,12,15,17-19H,5-11H2,(H,20,21);1H. The molecule has 3 atom stereocenters. The summed E-state index contributed by atoms with van der Waals surface area (Å²) in [5.74, 6) is 2.29. The predicted molar refractivity (Wildman–Crippen MR) is 90.4 cm³/mol. The van der Waals surface area contributed by atoms with Gasteiger partial charge in [0.2, 0.25) is 5.91 Å². The van der Waals surface area contributed by atoms with Crippen molar-refractivity contribution in [1.29, 1.82) is 0 Å². The van der Waals surface area contributed by atoms with Gasteiger partial charge in [-0.25, -0.2) is 0 Å². The molecule has 1 saturated heterocycles. The second kappa shape index (κ2) is 6.59. The van der Waals surface area contributed by atoms with Crippen LogP contribution in [0.4, 0.5) is 0 Å². The lowest BCUT2D eigenvalue weighted by atomic mass is 9.93. The van der Waals surface area contributed by atoms with Gasteiger partial charge >= 0.3 is 0 Å². The SMILES string of the molecule is Cl.O=C(CCC1CCNCC1)NC1C2Cc3ccccc3C21. The van der Waals surface area contributed by atoms with Crippen LogP contribution in [0.3, 0.4) is 0 Å². The highest BCUT2D eigenvalue weighted by Crippen LogP contribution is 2.56. The second-order valence-corrected chi connectivity index (χ2v) is 6.92. The van der Waals surface area contributed by atoms with E-state index in [0.29, 0.717) is 24.3 Å². The summed E-state index contributed by atoms with van der Waals surface area (Å²) in [4.78, 5) is 12.2. The Labute approximate surface area is 138 Å². The minimum Gasteiger partial charge on any atom is -0.352 e. The molecule has 2 fully saturated rings. The first-order valence-corrected chi connectivity index (χ1v) is 8.41. The molecule has 2 N–H and O–H groups in total. The Kier molecular flexibility index (Phi) is 4.74. The van der Waals surface area contributed by atoms with E-state index in [4.69, 9.17) is 0 Å². The van der Waals surface area contributed by atoms with Crippen molar-refractivity contribution >= 4 is 18.3 Å². The van der Waals surface area contributed by atoms with E-state index in [1.807, 2.05) is 0 Å². The fourth-order valence-corrected chi connectivity index (χ4v) is 4.31. The zero-order chi connectivity index (χ0) is 14.2. The molecule has 0 aromatic heterocycles. The van der Waals surface area contributed by atoms with Crippen molar-refractivity contribution < 1.29 is 4.79 Å². The van der Waals surface area contributed by atoms with Gasteiger partial charge in [-0.3, -0.25) is 4.79 Å². The Hall–Kier alpha value is -1.06. The van der Waals surface area contributed by atoms with E-state index in [0.717, 1.165) is 31.8 Å². The maximum atomic E-state index is 12.2. The molecule has 0 spiro atoms. The first kappa shape index (κ1) is 15.8. The molecular weight excluding hydrogens is 296 g/mol. The molecule has 1 amide bonds. The summed E-state index contributed by atoms with van der Waals surface area (Å²) in [6, 6.07) is 9.13. The third-order valence-corrected chi connectivity index (χ3v) is 5.60. The Bertz CT molecular complexity index is 542. The van der Waals surface area contributed by atoms with Crippen LogP contribution in [0, 0.1) is 11.8 Å². The van der Waals surface area contributed by atoms with Gasteiger partial charge in [0.15, 0.2) is 0 Å². The molecule has 4 rings (SSSR count). The monoisotopic (exact) mass is 320 g/mol. The van der Waals surface area contributed by atoms with E-state index in [-0.39, 0.29) is 18.3 Å². The fourth-order valence-electron chi connectivity index (χ4n) is 4.31. The van der Waals surface area contributed by atoms with Crippen molar-refractivity contribution in [2.24, 2.45) is 11.8 Å². The first-order valence-electron chi connectivity index (χ1n) is 8.41. The highest BCUT2D eigenvalue weighted by molar-refractivity contribution is 5.85. The van der Waals surface area contributed by atoms with E-state index in [9.17, 15) is 4.79 Å². The molecule has 1 aliphatic heterocycles. The van der Waals surface area contributed by atoms with E-state index in [1.165, 1.54) is 24.0 Å². The number of carbonyl (C=O) groups is 1. The van der Waals surface area contributed by atoms with Gasteiger partial charge in [-0.1, -0.05) is 24.3 Å². The van der Waals surface area contributed by atoms with Gasteiger partial charge < -0.3 is 10.6 Å². The highest BCUT2D eigenvalue weighted by atomic mass is 35.5. The number of hydrogen-bond acceptors (Lipinski definition) is 2. The second-order valence-electron chi connectivity index (χ2n) is 6.92. The van der Waals surface area contributed by atoms with Gasteiger partial charge in [0, 0.05) is 18.4 Å². The molecule has 22 heavy (non-hydrogen) atoms. The number of benzene rings is 1. The number of fused-ring (bicyclic) bond motifs is 3. The predicted octanol–water partition coefficient (Wildman–Crippen LogP) is 2.64. The smallest absolute Gasteiger partial charge is 0.220 e. The number of piperidine rings is 1. The molecule has 1 saturated carbocycles. The molecule has 120 valence electrons. The lowest BCUT2D eigenvalue weighted by Crippen LogP contribution is -2.31. The van der Waals surface area contributed by atoms with Crippen molar-refractivity contribution in [2.75, 3.05) is 13.1 Å². The Morgan fingerprint density at radius 1 is 1.23 bits per heavy atom. The van der Waals surface area contributed by atoms with Crippen LogP contribution in [0.1, 0.15) is 42.7 Å². The summed E-state index contributed by atoms with van der Waals surface area (Å²) in [6.07, 6.45) is 5.39. The van der Waals surface area contributed by atoms with Gasteiger partial charge in [-0.05, 0) is 61.7 Å². The molecule has 0 radical (unpaired) electrons. The summed E-state index contributed by atoms with van der Waals surface area (Å²) >= 11 is 0. The van der Waals surface area contributed by atoms with Gasteiger partial charge in [-0.2, -0.15) is 0 Å². The van der Waals surface area contributed by atoms with Crippen molar-refractivity contribution in [3.05, 3.63) is 35.4 Å². The Balaban J connectivity index is 0.00000144. The summed E-state index contributed by atoms with van der Waals surface area (Å²) in [5.41, 5.74) is 2.97. The van der Waals surface area contributed by atoms with Crippen molar-refractivity contribution in [3.63, 3.8) is 0 Å². The molecular formula is C18H25ClN2O. The number of nitrogens with one attached hydrogen (secondary N) is 2. The maximum Gasteiger partial charge on any atom is 0.220 e. The van der Waals surface area contributed by atoms with Crippen LogP contribution in [-0.2, 0) is 11.2 Å². The molecule has 1 heterocycles. The average Bonchev–Trinajstić information content (AvgIpc) is 3.03. The van der Waals surface area contributed by atoms with Crippen LogP contribution in [0.5, 0.6) is 0 Å². The lowest BCUT2D eigenvalue weighted by Gasteiger charge is -2.22. The van der Waals surface area contributed by atoms with Crippen LogP contribution in [-0.4, -0.2) is 25.0 Å². The van der Waals surface area contributed by atoms with Crippen LogP contribution in [0.25, 0.3) is 0 Å². The first-order chi connectivity index (χ1) is 10.3. The number of amides is 1. The van der Waals surface area contributed by atoms with Gasteiger partial charge in [0.1, 0.15) is 0 Å². The fraction of sp³-hybridized carbons (Fsp3) is 0.611.